The minimum atomic E-state index is -0.940. The number of esters is 1. The molecular weight excluding hydrogens is 396 g/mol. The Morgan fingerprint density at radius 3 is 2.59 bits per heavy atom. The third kappa shape index (κ3) is 4.24. The Morgan fingerprint density at radius 1 is 1.21 bits per heavy atom. The van der Waals surface area contributed by atoms with E-state index in [1.54, 1.807) is 37.3 Å². The van der Waals surface area contributed by atoms with E-state index in [1.165, 1.54) is 18.3 Å². The smallest absolute Gasteiger partial charge is 0.360 e. The van der Waals surface area contributed by atoms with Crippen molar-refractivity contribution in [3.63, 3.8) is 0 Å². The summed E-state index contributed by atoms with van der Waals surface area (Å²) in [6.07, 6.45) is 1.34. The molecule has 9 heteroatoms. The van der Waals surface area contributed by atoms with Crippen LogP contribution in [0.2, 0.25) is 0 Å². The third-order valence-electron chi connectivity index (χ3n) is 4.18. The Morgan fingerprint density at radius 2 is 1.93 bits per heavy atom. The van der Waals surface area contributed by atoms with Gasteiger partial charge in [-0.25, -0.2) is 9.59 Å². The van der Waals surface area contributed by atoms with Gasteiger partial charge < -0.3 is 14.5 Å². The highest BCUT2D eigenvalue weighted by molar-refractivity contribution is 7.80. The molecule has 0 saturated carbocycles. The van der Waals surface area contributed by atoms with Crippen LogP contribution in [0, 0.1) is 0 Å². The second-order valence-electron chi connectivity index (χ2n) is 6.02. The molecular formula is C20H18N2O6S. The van der Waals surface area contributed by atoms with Gasteiger partial charge in [0.25, 0.3) is 11.5 Å². The number of pyridine rings is 1. The summed E-state index contributed by atoms with van der Waals surface area (Å²) < 4.78 is 11.3. The Bertz CT molecular complexity index is 1170. The van der Waals surface area contributed by atoms with Crippen LogP contribution >= 0.6 is 12.6 Å². The van der Waals surface area contributed by atoms with E-state index in [9.17, 15) is 19.2 Å². The van der Waals surface area contributed by atoms with Gasteiger partial charge in [0.05, 0.1) is 12.0 Å². The number of carbonyl (C=O) groups excluding carboxylic acids is 2. The molecule has 2 heterocycles. The number of rotatable bonds is 6. The van der Waals surface area contributed by atoms with Gasteiger partial charge in [0.1, 0.15) is 17.3 Å². The van der Waals surface area contributed by atoms with Crippen LogP contribution in [0.3, 0.4) is 0 Å². The number of carbonyl (C=O) groups is 2. The van der Waals surface area contributed by atoms with Crippen LogP contribution in [0.4, 0.5) is 5.69 Å². The summed E-state index contributed by atoms with van der Waals surface area (Å²) in [5.41, 5.74) is -1.17. The van der Waals surface area contributed by atoms with Crippen molar-refractivity contribution < 1.29 is 18.7 Å². The van der Waals surface area contributed by atoms with Crippen molar-refractivity contribution in [3.05, 3.63) is 75.0 Å². The molecule has 3 aromatic rings. The normalized spacial score (nSPS) is 11.8. The molecule has 0 aliphatic carbocycles. The summed E-state index contributed by atoms with van der Waals surface area (Å²) in [4.78, 5) is 49.6. The zero-order valence-corrected chi connectivity index (χ0v) is 16.3. The molecule has 1 aromatic carbocycles. The van der Waals surface area contributed by atoms with Crippen LogP contribution in [0.1, 0.15) is 23.3 Å². The molecule has 0 fully saturated rings. The Balaban J connectivity index is 2.04. The standard InChI is InChI=1S/C20H18N2O6S/c1-2-27-20(26)15(11-29)22-9-8-16-13(18(22)24)10-14(19(25)28-16)21-17(23)12-6-4-3-5-7-12/h3-10,15,29H,2,11H2,1H3,(H,21,23)/t15-/m0/s1. The number of aromatic nitrogens is 1. The lowest BCUT2D eigenvalue weighted by Gasteiger charge is -2.16. The number of fused-ring (bicyclic) bond motifs is 1. The average Bonchev–Trinajstić information content (AvgIpc) is 2.72. The van der Waals surface area contributed by atoms with E-state index >= 15 is 0 Å². The molecule has 3 rings (SSSR count). The van der Waals surface area contributed by atoms with Gasteiger partial charge in [-0.2, -0.15) is 12.6 Å². The van der Waals surface area contributed by atoms with Gasteiger partial charge in [-0.3, -0.25) is 14.2 Å². The summed E-state index contributed by atoms with van der Waals surface area (Å²) in [6, 6.07) is 9.99. The van der Waals surface area contributed by atoms with E-state index in [4.69, 9.17) is 9.15 Å². The van der Waals surface area contributed by atoms with Gasteiger partial charge in [-0.1, -0.05) is 18.2 Å². The zero-order valence-electron chi connectivity index (χ0n) is 15.5. The average molecular weight is 414 g/mol. The minimum Gasteiger partial charge on any atom is -0.464 e. The number of nitrogens with zero attached hydrogens (tertiary/aromatic N) is 1. The summed E-state index contributed by atoms with van der Waals surface area (Å²) >= 11 is 4.13. The van der Waals surface area contributed by atoms with E-state index < -0.39 is 29.1 Å². The number of anilines is 1. The monoisotopic (exact) mass is 414 g/mol. The fraction of sp³-hybridized carbons (Fsp3) is 0.200. The van der Waals surface area contributed by atoms with Crippen LogP contribution in [0.15, 0.2) is 62.7 Å². The molecule has 0 spiro atoms. The second-order valence-corrected chi connectivity index (χ2v) is 6.39. The van der Waals surface area contributed by atoms with E-state index in [0.717, 1.165) is 4.57 Å². The first-order valence-corrected chi connectivity index (χ1v) is 9.42. The van der Waals surface area contributed by atoms with Crippen molar-refractivity contribution in [3.8, 4) is 0 Å². The molecule has 1 atom stereocenters. The fourth-order valence-corrected chi connectivity index (χ4v) is 3.09. The van der Waals surface area contributed by atoms with Crippen LogP contribution in [-0.4, -0.2) is 28.8 Å². The Labute approximate surface area is 170 Å². The SMILES string of the molecule is CCOC(=O)[C@H](CS)n1ccc2oc(=O)c(NC(=O)c3ccccc3)cc2c1=O. The predicted octanol–water partition coefficient (Wildman–Crippen LogP) is 2.24. The van der Waals surface area contributed by atoms with Gasteiger partial charge in [0.2, 0.25) is 0 Å². The number of hydrogen-bond donors (Lipinski definition) is 2. The summed E-state index contributed by atoms with van der Waals surface area (Å²) in [5.74, 6) is -1.08. The molecule has 0 radical (unpaired) electrons. The third-order valence-corrected chi connectivity index (χ3v) is 4.53. The van der Waals surface area contributed by atoms with Crippen molar-refractivity contribution in [2.45, 2.75) is 13.0 Å². The predicted molar refractivity (Wildman–Crippen MR) is 111 cm³/mol. The van der Waals surface area contributed by atoms with E-state index in [1.807, 2.05) is 0 Å². The van der Waals surface area contributed by atoms with Gasteiger partial charge in [-0.15, -0.1) is 0 Å². The molecule has 2 aromatic heterocycles. The lowest BCUT2D eigenvalue weighted by atomic mass is 10.2. The highest BCUT2D eigenvalue weighted by Crippen LogP contribution is 2.16. The van der Waals surface area contributed by atoms with Crippen molar-refractivity contribution in [2.24, 2.45) is 0 Å². The molecule has 0 saturated heterocycles. The zero-order chi connectivity index (χ0) is 21.0. The van der Waals surface area contributed by atoms with E-state index in [0.29, 0.717) is 5.56 Å². The lowest BCUT2D eigenvalue weighted by Crippen LogP contribution is -2.32. The second kappa shape index (κ2) is 8.78. The maximum Gasteiger partial charge on any atom is 0.360 e. The fourth-order valence-electron chi connectivity index (χ4n) is 2.76. The molecule has 150 valence electrons. The summed E-state index contributed by atoms with van der Waals surface area (Å²) in [6.45, 7) is 1.82. The van der Waals surface area contributed by atoms with Crippen molar-refractivity contribution in [2.75, 3.05) is 17.7 Å². The quantitative estimate of drug-likeness (QED) is 0.473. The van der Waals surface area contributed by atoms with Crippen molar-refractivity contribution in [1.29, 1.82) is 0 Å². The van der Waals surface area contributed by atoms with Crippen molar-refractivity contribution >= 4 is 41.2 Å². The van der Waals surface area contributed by atoms with Crippen LogP contribution < -0.4 is 16.5 Å². The van der Waals surface area contributed by atoms with Crippen LogP contribution in [-0.2, 0) is 9.53 Å². The number of thiol groups is 1. The highest BCUT2D eigenvalue weighted by atomic mass is 32.1. The van der Waals surface area contributed by atoms with Gasteiger partial charge in [0.15, 0.2) is 0 Å². The molecule has 8 nitrogen and oxygen atoms in total. The van der Waals surface area contributed by atoms with Gasteiger partial charge >= 0.3 is 11.6 Å². The molecule has 1 amide bonds. The topological polar surface area (TPSA) is 108 Å². The Hall–Kier alpha value is -3.33. The lowest BCUT2D eigenvalue weighted by molar-refractivity contribution is -0.146. The van der Waals surface area contributed by atoms with E-state index in [-0.39, 0.29) is 29.0 Å². The molecule has 0 unspecified atom stereocenters. The van der Waals surface area contributed by atoms with Gasteiger partial charge in [-0.05, 0) is 31.2 Å². The van der Waals surface area contributed by atoms with Gasteiger partial charge in [0, 0.05) is 17.5 Å². The van der Waals surface area contributed by atoms with Crippen LogP contribution in [0.25, 0.3) is 11.0 Å². The number of benzene rings is 1. The number of nitrogens with one attached hydrogen (secondary N) is 1. The number of amides is 1. The largest absolute Gasteiger partial charge is 0.464 e. The molecule has 0 aliphatic rings. The number of ether oxygens (including phenoxy) is 1. The summed E-state index contributed by atoms with van der Waals surface area (Å²) in [5, 5.41) is 2.49. The maximum absolute atomic E-state index is 12.9. The van der Waals surface area contributed by atoms with E-state index in [2.05, 4.69) is 17.9 Å². The summed E-state index contributed by atoms with van der Waals surface area (Å²) in [7, 11) is 0. The number of hydrogen-bond acceptors (Lipinski definition) is 7. The first-order chi connectivity index (χ1) is 14.0. The van der Waals surface area contributed by atoms with Crippen LogP contribution in [0.5, 0.6) is 0 Å². The first-order valence-electron chi connectivity index (χ1n) is 8.79. The molecule has 29 heavy (non-hydrogen) atoms. The molecule has 0 bridgehead atoms. The highest BCUT2D eigenvalue weighted by Gasteiger charge is 2.23. The molecule has 0 aliphatic heterocycles. The molecule has 1 N–H and O–H groups in total. The first kappa shape index (κ1) is 20.4. The van der Waals surface area contributed by atoms with Crippen molar-refractivity contribution in [1.82, 2.24) is 4.57 Å². The minimum absolute atomic E-state index is 0.0338. The maximum atomic E-state index is 12.9. The Kier molecular flexibility index (Phi) is 6.18.